The Morgan fingerprint density at radius 2 is 1.56 bits per heavy atom. The van der Waals surface area contributed by atoms with Crippen LogP contribution in [0.2, 0.25) is 0 Å². The lowest BCUT2D eigenvalue weighted by atomic mass is 9.86. The first-order valence-electron chi connectivity index (χ1n) is 3.69. The Labute approximate surface area is 55.7 Å². The molecule has 1 heterocycles. The molecule has 9 heavy (non-hydrogen) atoms. The van der Waals surface area contributed by atoms with Crippen molar-refractivity contribution in [2.45, 2.75) is 12.8 Å². The molecule has 0 saturated carbocycles. The molecule has 1 nitrogen and oxygen atoms in total. The number of rotatable bonds is 0. The first-order chi connectivity index (χ1) is 4.47. The maximum absolute atomic E-state index is 5.35. The Hall–Kier alpha value is -0.300. The highest BCUT2D eigenvalue weighted by Gasteiger charge is 2.27. The Bertz CT molecular complexity index is 115. The molecule has 0 bridgehead atoms. The van der Waals surface area contributed by atoms with Gasteiger partial charge >= 0.3 is 0 Å². The fourth-order valence-corrected chi connectivity index (χ4v) is 1.71. The Balaban J connectivity index is 2.07. The van der Waals surface area contributed by atoms with Gasteiger partial charge in [-0.2, -0.15) is 0 Å². The summed E-state index contributed by atoms with van der Waals surface area (Å²) in [6.45, 7) is 2.02. The number of fused-ring (bicyclic) bond motifs is 1. The minimum absolute atomic E-state index is 0.856. The SMILES string of the molecule is C1=CC[C@@H]2COC[C@H]2C1. The summed E-state index contributed by atoms with van der Waals surface area (Å²) in [6, 6.07) is 0. The molecule has 0 unspecified atom stereocenters. The fourth-order valence-electron chi connectivity index (χ4n) is 1.71. The summed E-state index contributed by atoms with van der Waals surface area (Å²) in [5.74, 6) is 1.71. The molecular weight excluding hydrogens is 112 g/mol. The molecule has 1 fully saturated rings. The van der Waals surface area contributed by atoms with Crippen molar-refractivity contribution in [3.8, 4) is 0 Å². The molecule has 0 radical (unpaired) electrons. The van der Waals surface area contributed by atoms with Crippen LogP contribution in [0.15, 0.2) is 12.2 Å². The van der Waals surface area contributed by atoms with Crippen LogP contribution in [0.1, 0.15) is 12.8 Å². The van der Waals surface area contributed by atoms with Crippen molar-refractivity contribution in [3.63, 3.8) is 0 Å². The largest absolute Gasteiger partial charge is 0.381 e. The van der Waals surface area contributed by atoms with Crippen molar-refractivity contribution < 1.29 is 4.74 Å². The van der Waals surface area contributed by atoms with E-state index in [0.717, 1.165) is 25.0 Å². The normalized spacial score (nSPS) is 40.9. The molecule has 0 aromatic carbocycles. The van der Waals surface area contributed by atoms with Crippen LogP contribution < -0.4 is 0 Å². The van der Waals surface area contributed by atoms with Gasteiger partial charge in [0.25, 0.3) is 0 Å². The van der Waals surface area contributed by atoms with E-state index < -0.39 is 0 Å². The van der Waals surface area contributed by atoms with Crippen LogP contribution in [0.4, 0.5) is 0 Å². The number of allylic oxidation sites excluding steroid dienone is 2. The smallest absolute Gasteiger partial charge is 0.0500 e. The van der Waals surface area contributed by atoms with Crippen molar-refractivity contribution in [2.24, 2.45) is 11.8 Å². The molecule has 1 heteroatoms. The average molecular weight is 124 g/mol. The summed E-state index contributed by atoms with van der Waals surface area (Å²) in [5.41, 5.74) is 0. The first kappa shape index (κ1) is 5.48. The monoisotopic (exact) mass is 124 g/mol. The molecule has 0 N–H and O–H groups in total. The molecule has 1 saturated heterocycles. The van der Waals surface area contributed by atoms with E-state index in [-0.39, 0.29) is 0 Å². The van der Waals surface area contributed by atoms with Gasteiger partial charge in [0.05, 0.1) is 13.2 Å². The number of hydrogen-bond acceptors (Lipinski definition) is 1. The van der Waals surface area contributed by atoms with Crippen LogP contribution in [0.3, 0.4) is 0 Å². The van der Waals surface area contributed by atoms with Crippen LogP contribution in [0.5, 0.6) is 0 Å². The van der Waals surface area contributed by atoms with E-state index in [4.69, 9.17) is 4.74 Å². The second kappa shape index (κ2) is 2.14. The zero-order chi connectivity index (χ0) is 6.10. The summed E-state index contributed by atoms with van der Waals surface area (Å²) in [4.78, 5) is 0. The third-order valence-corrected chi connectivity index (χ3v) is 2.37. The van der Waals surface area contributed by atoms with Gasteiger partial charge in [0, 0.05) is 0 Å². The van der Waals surface area contributed by atoms with Crippen molar-refractivity contribution >= 4 is 0 Å². The fraction of sp³-hybridized carbons (Fsp3) is 0.750. The molecule has 0 aromatic heterocycles. The van der Waals surface area contributed by atoms with Crippen LogP contribution in [-0.2, 0) is 4.74 Å². The van der Waals surface area contributed by atoms with E-state index in [1.54, 1.807) is 0 Å². The van der Waals surface area contributed by atoms with Gasteiger partial charge in [-0.05, 0) is 24.7 Å². The summed E-state index contributed by atoms with van der Waals surface area (Å²) in [7, 11) is 0. The Kier molecular flexibility index (Phi) is 1.31. The standard InChI is InChI=1S/C8H12O/c1-2-4-8-6-9-5-7(8)3-1/h1-2,7-8H,3-6H2/t7-,8-/m1/s1. The van der Waals surface area contributed by atoms with Crippen molar-refractivity contribution in [2.75, 3.05) is 13.2 Å². The highest BCUT2D eigenvalue weighted by molar-refractivity contribution is 4.96. The molecule has 50 valence electrons. The summed E-state index contributed by atoms with van der Waals surface area (Å²) in [5, 5.41) is 0. The molecule has 0 aromatic rings. The molecule has 1 aliphatic carbocycles. The van der Waals surface area contributed by atoms with Crippen molar-refractivity contribution in [1.82, 2.24) is 0 Å². The molecule has 2 rings (SSSR count). The molecule has 0 amide bonds. The van der Waals surface area contributed by atoms with Gasteiger partial charge in [0.15, 0.2) is 0 Å². The Morgan fingerprint density at radius 3 is 2.11 bits per heavy atom. The predicted molar refractivity (Wildman–Crippen MR) is 36.2 cm³/mol. The molecule has 1 aliphatic heterocycles. The van der Waals surface area contributed by atoms with Gasteiger partial charge in [-0.1, -0.05) is 12.2 Å². The highest BCUT2D eigenvalue weighted by Crippen LogP contribution is 2.30. The summed E-state index contributed by atoms with van der Waals surface area (Å²) >= 11 is 0. The lowest BCUT2D eigenvalue weighted by Gasteiger charge is -2.17. The van der Waals surface area contributed by atoms with Gasteiger partial charge in [-0.3, -0.25) is 0 Å². The first-order valence-corrected chi connectivity index (χ1v) is 3.69. The number of hydrogen-bond donors (Lipinski definition) is 0. The maximum Gasteiger partial charge on any atom is 0.0500 e. The van der Waals surface area contributed by atoms with E-state index in [1.165, 1.54) is 12.8 Å². The third kappa shape index (κ3) is 0.897. The predicted octanol–water partition coefficient (Wildman–Crippen LogP) is 1.60. The summed E-state index contributed by atoms with van der Waals surface area (Å²) < 4.78 is 5.35. The number of ether oxygens (including phenoxy) is 1. The minimum atomic E-state index is 0.856. The second-order valence-electron chi connectivity index (χ2n) is 3.00. The van der Waals surface area contributed by atoms with E-state index in [9.17, 15) is 0 Å². The molecule has 2 aliphatic rings. The molecule has 0 spiro atoms. The quantitative estimate of drug-likeness (QED) is 0.446. The van der Waals surface area contributed by atoms with Crippen molar-refractivity contribution in [3.05, 3.63) is 12.2 Å². The Morgan fingerprint density at radius 1 is 1.00 bits per heavy atom. The van der Waals surface area contributed by atoms with Gasteiger partial charge in [-0.25, -0.2) is 0 Å². The van der Waals surface area contributed by atoms with Crippen LogP contribution in [-0.4, -0.2) is 13.2 Å². The van der Waals surface area contributed by atoms with E-state index in [2.05, 4.69) is 12.2 Å². The molecule has 2 atom stereocenters. The van der Waals surface area contributed by atoms with Crippen molar-refractivity contribution in [1.29, 1.82) is 0 Å². The lowest BCUT2D eigenvalue weighted by Crippen LogP contribution is -2.13. The zero-order valence-corrected chi connectivity index (χ0v) is 5.55. The van der Waals surface area contributed by atoms with E-state index >= 15 is 0 Å². The zero-order valence-electron chi connectivity index (χ0n) is 5.55. The maximum atomic E-state index is 5.35. The van der Waals surface area contributed by atoms with Crippen LogP contribution in [0.25, 0.3) is 0 Å². The van der Waals surface area contributed by atoms with Gasteiger partial charge < -0.3 is 4.74 Å². The van der Waals surface area contributed by atoms with E-state index in [0.29, 0.717) is 0 Å². The van der Waals surface area contributed by atoms with Gasteiger partial charge in [0.1, 0.15) is 0 Å². The van der Waals surface area contributed by atoms with E-state index in [1.807, 2.05) is 0 Å². The van der Waals surface area contributed by atoms with Crippen LogP contribution >= 0.6 is 0 Å². The topological polar surface area (TPSA) is 9.23 Å². The second-order valence-corrected chi connectivity index (χ2v) is 3.00. The van der Waals surface area contributed by atoms with Gasteiger partial charge in [-0.15, -0.1) is 0 Å². The summed E-state index contributed by atoms with van der Waals surface area (Å²) in [6.07, 6.45) is 7.08. The highest BCUT2D eigenvalue weighted by atomic mass is 16.5. The van der Waals surface area contributed by atoms with Gasteiger partial charge in [0.2, 0.25) is 0 Å². The lowest BCUT2D eigenvalue weighted by molar-refractivity contribution is 0.181. The third-order valence-electron chi connectivity index (χ3n) is 2.37. The van der Waals surface area contributed by atoms with Crippen LogP contribution in [0, 0.1) is 11.8 Å². The molecular formula is C8H12O. The average Bonchev–Trinajstić information content (AvgIpc) is 2.33. The minimum Gasteiger partial charge on any atom is -0.381 e.